The van der Waals surface area contributed by atoms with Crippen molar-refractivity contribution in [3.05, 3.63) is 34.6 Å². The average molecular weight is 234 g/mol. The number of rotatable bonds is 4. The van der Waals surface area contributed by atoms with E-state index >= 15 is 0 Å². The van der Waals surface area contributed by atoms with Gasteiger partial charge in [0, 0.05) is 22.4 Å². The van der Waals surface area contributed by atoms with Crippen molar-refractivity contribution in [1.82, 2.24) is 5.32 Å². The van der Waals surface area contributed by atoms with Gasteiger partial charge in [-0.2, -0.15) is 11.8 Å². The predicted molar refractivity (Wildman–Crippen MR) is 61.6 cm³/mol. The summed E-state index contributed by atoms with van der Waals surface area (Å²) >= 11 is 7.49. The third-order valence-corrected chi connectivity index (χ3v) is 2.92. The van der Waals surface area contributed by atoms with Crippen LogP contribution in [0.4, 0.5) is 4.39 Å². The summed E-state index contributed by atoms with van der Waals surface area (Å²) in [6.45, 7) is 0. The summed E-state index contributed by atoms with van der Waals surface area (Å²) in [4.78, 5) is 0. The Kier molecular flexibility index (Phi) is 4.72. The second kappa shape index (κ2) is 5.59. The molecule has 4 heteroatoms. The summed E-state index contributed by atoms with van der Waals surface area (Å²) in [6.07, 6.45) is 1.99. The fourth-order valence-electron chi connectivity index (χ4n) is 1.28. The Hall–Kier alpha value is -0.250. The Morgan fingerprint density at radius 3 is 2.86 bits per heavy atom. The summed E-state index contributed by atoms with van der Waals surface area (Å²) in [5, 5.41) is 3.64. The highest BCUT2D eigenvalue weighted by Gasteiger charge is 2.13. The molecule has 1 atom stereocenters. The van der Waals surface area contributed by atoms with Crippen LogP contribution in [-0.4, -0.2) is 19.1 Å². The quantitative estimate of drug-likeness (QED) is 0.858. The van der Waals surface area contributed by atoms with E-state index in [9.17, 15) is 4.39 Å². The van der Waals surface area contributed by atoms with E-state index in [1.807, 2.05) is 13.3 Å². The zero-order valence-electron chi connectivity index (χ0n) is 8.18. The molecule has 1 nitrogen and oxygen atoms in total. The van der Waals surface area contributed by atoms with E-state index in [-0.39, 0.29) is 11.9 Å². The first-order chi connectivity index (χ1) is 6.69. The molecule has 1 N–H and O–H groups in total. The van der Waals surface area contributed by atoms with Gasteiger partial charge in [0.25, 0.3) is 0 Å². The number of benzene rings is 1. The van der Waals surface area contributed by atoms with Crippen LogP contribution in [0, 0.1) is 5.82 Å². The van der Waals surface area contributed by atoms with Gasteiger partial charge in [0.15, 0.2) is 0 Å². The number of hydrogen-bond donors (Lipinski definition) is 1. The molecule has 0 aliphatic heterocycles. The van der Waals surface area contributed by atoms with Gasteiger partial charge in [-0.05, 0) is 31.5 Å². The summed E-state index contributed by atoms with van der Waals surface area (Å²) < 4.78 is 13.4. The van der Waals surface area contributed by atoms with E-state index in [0.29, 0.717) is 10.6 Å². The molecule has 14 heavy (non-hydrogen) atoms. The lowest BCUT2D eigenvalue weighted by atomic mass is 10.1. The average Bonchev–Trinajstić information content (AvgIpc) is 2.18. The zero-order chi connectivity index (χ0) is 10.6. The lowest BCUT2D eigenvalue weighted by molar-refractivity contribution is 0.566. The second-order valence-electron chi connectivity index (χ2n) is 2.96. The number of hydrogen-bond acceptors (Lipinski definition) is 2. The van der Waals surface area contributed by atoms with Gasteiger partial charge in [0.05, 0.1) is 0 Å². The van der Waals surface area contributed by atoms with E-state index in [0.717, 1.165) is 5.75 Å². The maximum Gasteiger partial charge on any atom is 0.128 e. The van der Waals surface area contributed by atoms with E-state index in [1.54, 1.807) is 23.9 Å². The van der Waals surface area contributed by atoms with Gasteiger partial charge in [-0.25, -0.2) is 4.39 Å². The fourth-order valence-corrected chi connectivity index (χ4v) is 2.14. The second-order valence-corrected chi connectivity index (χ2v) is 4.31. The molecule has 0 aromatic heterocycles. The van der Waals surface area contributed by atoms with Crippen LogP contribution in [0.2, 0.25) is 5.02 Å². The van der Waals surface area contributed by atoms with Crippen LogP contribution in [0.25, 0.3) is 0 Å². The predicted octanol–water partition coefficient (Wildman–Crippen LogP) is 3.10. The molecule has 0 aliphatic rings. The van der Waals surface area contributed by atoms with Gasteiger partial charge in [-0.3, -0.25) is 0 Å². The maximum atomic E-state index is 13.4. The highest BCUT2D eigenvalue weighted by molar-refractivity contribution is 7.98. The summed E-state index contributed by atoms with van der Waals surface area (Å²) in [7, 11) is 1.82. The lowest BCUT2D eigenvalue weighted by Gasteiger charge is -2.16. The monoisotopic (exact) mass is 233 g/mol. The van der Waals surface area contributed by atoms with Crippen molar-refractivity contribution in [1.29, 1.82) is 0 Å². The van der Waals surface area contributed by atoms with Crippen molar-refractivity contribution in [2.75, 3.05) is 19.1 Å². The molecule has 1 aromatic rings. The Morgan fingerprint density at radius 1 is 1.57 bits per heavy atom. The number of thioether (sulfide) groups is 1. The Balaban J connectivity index is 2.96. The van der Waals surface area contributed by atoms with Crippen LogP contribution in [0.3, 0.4) is 0 Å². The third-order valence-electron chi connectivity index (χ3n) is 2.02. The minimum absolute atomic E-state index is 0.0173. The molecule has 1 aromatic carbocycles. The molecule has 78 valence electrons. The molecular weight excluding hydrogens is 221 g/mol. The van der Waals surface area contributed by atoms with E-state index in [2.05, 4.69) is 5.32 Å². The largest absolute Gasteiger partial charge is 0.312 e. The molecule has 0 aliphatic carbocycles. The maximum absolute atomic E-state index is 13.4. The highest BCUT2D eigenvalue weighted by atomic mass is 35.5. The topological polar surface area (TPSA) is 12.0 Å². The SMILES string of the molecule is CNC(CSC)c1cc(Cl)ccc1F. The minimum atomic E-state index is -0.206. The van der Waals surface area contributed by atoms with Gasteiger partial charge in [0.1, 0.15) is 5.82 Å². The summed E-state index contributed by atoms with van der Waals surface area (Å²) in [5.74, 6) is 0.621. The van der Waals surface area contributed by atoms with Crippen molar-refractivity contribution in [3.8, 4) is 0 Å². The van der Waals surface area contributed by atoms with E-state index in [4.69, 9.17) is 11.6 Å². The fraction of sp³-hybridized carbons (Fsp3) is 0.400. The normalized spacial score (nSPS) is 12.9. The van der Waals surface area contributed by atoms with E-state index < -0.39 is 0 Å². The molecule has 1 rings (SSSR count). The lowest BCUT2D eigenvalue weighted by Crippen LogP contribution is -2.19. The highest BCUT2D eigenvalue weighted by Crippen LogP contribution is 2.23. The summed E-state index contributed by atoms with van der Waals surface area (Å²) in [5.41, 5.74) is 0.634. The summed E-state index contributed by atoms with van der Waals surface area (Å²) in [6, 6.07) is 4.66. The standard InChI is InChI=1S/C10H13ClFNS/c1-13-10(6-14-2)8-5-7(11)3-4-9(8)12/h3-5,10,13H,6H2,1-2H3. The molecule has 0 saturated heterocycles. The first kappa shape index (κ1) is 11.8. The molecule has 0 saturated carbocycles. The van der Waals surface area contributed by atoms with Gasteiger partial charge in [0.2, 0.25) is 0 Å². The van der Waals surface area contributed by atoms with Gasteiger partial charge >= 0.3 is 0 Å². The third kappa shape index (κ3) is 2.87. The molecule has 0 fully saturated rings. The number of halogens is 2. The minimum Gasteiger partial charge on any atom is -0.312 e. The van der Waals surface area contributed by atoms with E-state index in [1.165, 1.54) is 6.07 Å². The van der Waals surface area contributed by atoms with Crippen LogP contribution in [0.15, 0.2) is 18.2 Å². The molecule has 0 amide bonds. The van der Waals surface area contributed by atoms with Crippen LogP contribution in [-0.2, 0) is 0 Å². The van der Waals surface area contributed by atoms with Crippen molar-refractivity contribution in [2.45, 2.75) is 6.04 Å². The Morgan fingerprint density at radius 2 is 2.29 bits per heavy atom. The van der Waals surface area contributed by atoms with Crippen LogP contribution < -0.4 is 5.32 Å². The van der Waals surface area contributed by atoms with Crippen molar-refractivity contribution in [3.63, 3.8) is 0 Å². The van der Waals surface area contributed by atoms with Gasteiger partial charge < -0.3 is 5.32 Å². The van der Waals surface area contributed by atoms with Crippen molar-refractivity contribution < 1.29 is 4.39 Å². The van der Waals surface area contributed by atoms with Gasteiger partial charge in [-0.15, -0.1) is 0 Å². The first-order valence-corrected chi connectivity index (χ1v) is 6.07. The van der Waals surface area contributed by atoms with Crippen LogP contribution >= 0.6 is 23.4 Å². The molecular formula is C10H13ClFNS. The Bertz CT molecular complexity index is 306. The smallest absolute Gasteiger partial charge is 0.128 e. The first-order valence-electron chi connectivity index (χ1n) is 4.30. The molecule has 1 unspecified atom stereocenters. The van der Waals surface area contributed by atoms with Crippen molar-refractivity contribution in [2.24, 2.45) is 0 Å². The van der Waals surface area contributed by atoms with Crippen LogP contribution in [0.5, 0.6) is 0 Å². The molecule has 0 bridgehead atoms. The molecule has 0 radical (unpaired) electrons. The van der Waals surface area contributed by atoms with Gasteiger partial charge in [-0.1, -0.05) is 11.6 Å². The zero-order valence-corrected chi connectivity index (χ0v) is 9.75. The van der Waals surface area contributed by atoms with Crippen molar-refractivity contribution >= 4 is 23.4 Å². The molecule has 0 heterocycles. The molecule has 0 spiro atoms. The Labute approximate surface area is 93.0 Å². The number of nitrogens with one attached hydrogen (secondary N) is 1. The van der Waals surface area contributed by atoms with Crippen LogP contribution in [0.1, 0.15) is 11.6 Å².